The van der Waals surface area contributed by atoms with E-state index < -0.39 is 11.9 Å². The smallest absolute Gasteiger partial charge is 0.312 e. The molecule has 1 aromatic carbocycles. The first-order chi connectivity index (χ1) is 8.63. The number of nitrogens with zero attached hydrogens (tertiary/aromatic N) is 2. The molecular weight excluding hydrogens is 230 g/mol. The lowest BCUT2D eigenvalue weighted by atomic mass is 9.98. The number of rotatable bonds is 4. The van der Waals surface area contributed by atoms with Crippen molar-refractivity contribution in [3.8, 4) is 0 Å². The Morgan fingerprint density at radius 3 is 2.61 bits per heavy atom. The lowest BCUT2D eigenvalue weighted by Gasteiger charge is -2.15. The van der Waals surface area contributed by atoms with E-state index in [9.17, 15) is 4.79 Å². The Bertz CT molecular complexity index is 468. The molecule has 0 spiro atoms. The molecule has 1 heterocycles. The van der Waals surface area contributed by atoms with E-state index >= 15 is 0 Å². The topological polar surface area (TPSA) is 78.9 Å². The zero-order valence-electron chi connectivity index (χ0n) is 10.3. The Morgan fingerprint density at radius 1 is 1.50 bits per heavy atom. The van der Waals surface area contributed by atoms with Gasteiger partial charge in [-0.15, -0.1) is 0 Å². The summed E-state index contributed by atoms with van der Waals surface area (Å²) in [5.41, 5.74) is 7.22. The van der Waals surface area contributed by atoms with Crippen LogP contribution in [0.2, 0.25) is 0 Å². The lowest BCUT2D eigenvalue weighted by molar-refractivity contribution is -0.138. The number of carboxylic acid groups (broad SMARTS) is 1. The molecule has 5 heteroatoms. The first kappa shape index (κ1) is 12.6. The van der Waals surface area contributed by atoms with Crippen molar-refractivity contribution in [2.24, 2.45) is 10.7 Å². The summed E-state index contributed by atoms with van der Waals surface area (Å²) >= 11 is 0. The molecule has 0 aliphatic carbocycles. The summed E-state index contributed by atoms with van der Waals surface area (Å²) in [4.78, 5) is 17.5. The molecule has 96 valence electrons. The highest BCUT2D eigenvalue weighted by molar-refractivity contribution is 5.99. The minimum Gasteiger partial charge on any atom is -0.481 e. The molecule has 5 nitrogen and oxygen atoms in total. The first-order valence-corrected chi connectivity index (χ1v) is 5.92. The molecule has 3 N–H and O–H groups in total. The summed E-state index contributed by atoms with van der Waals surface area (Å²) < 4.78 is 0. The van der Waals surface area contributed by atoms with Gasteiger partial charge in [0, 0.05) is 25.7 Å². The minimum atomic E-state index is -0.888. The van der Waals surface area contributed by atoms with Crippen molar-refractivity contribution in [2.45, 2.75) is 5.92 Å². The van der Waals surface area contributed by atoms with Crippen LogP contribution >= 0.6 is 0 Å². The molecule has 18 heavy (non-hydrogen) atoms. The van der Waals surface area contributed by atoms with E-state index in [0.717, 1.165) is 30.1 Å². The fraction of sp³-hybridized carbons (Fsp3) is 0.385. The van der Waals surface area contributed by atoms with E-state index in [0.29, 0.717) is 0 Å². The largest absolute Gasteiger partial charge is 0.481 e. The Kier molecular flexibility index (Phi) is 3.62. The summed E-state index contributed by atoms with van der Waals surface area (Å²) in [5, 5.41) is 9.04. The monoisotopic (exact) mass is 247 g/mol. The van der Waals surface area contributed by atoms with E-state index in [1.54, 1.807) is 0 Å². The molecule has 1 aliphatic heterocycles. The highest BCUT2D eigenvalue weighted by atomic mass is 16.4. The molecule has 2 rings (SSSR count). The number of hydrogen-bond donors (Lipinski definition) is 2. The SMILES string of the molecule is CN1CCN=C1c1ccc(C(CN)C(=O)O)cc1. The number of likely N-dealkylation sites (N-methyl/N-ethyl adjacent to an activating group) is 1. The molecule has 0 aromatic heterocycles. The van der Waals surface area contributed by atoms with Gasteiger partial charge in [0.25, 0.3) is 0 Å². The second-order valence-electron chi connectivity index (χ2n) is 4.38. The van der Waals surface area contributed by atoms with Gasteiger partial charge in [-0.25, -0.2) is 0 Å². The predicted molar refractivity (Wildman–Crippen MR) is 69.9 cm³/mol. The van der Waals surface area contributed by atoms with Gasteiger partial charge in [-0.05, 0) is 5.56 Å². The standard InChI is InChI=1S/C13H17N3O2/c1-16-7-6-15-12(16)10-4-2-9(3-5-10)11(8-14)13(17)18/h2-5,11H,6-8,14H2,1H3,(H,17,18). The van der Waals surface area contributed by atoms with Gasteiger partial charge in [0.2, 0.25) is 0 Å². The van der Waals surface area contributed by atoms with Crippen LogP contribution in [0.3, 0.4) is 0 Å². The van der Waals surface area contributed by atoms with Gasteiger partial charge in [0.05, 0.1) is 12.5 Å². The third kappa shape index (κ3) is 2.36. The van der Waals surface area contributed by atoms with Crippen LogP contribution in [0.15, 0.2) is 29.3 Å². The summed E-state index contributed by atoms with van der Waals surface area (Å²) in [6.45, 7) is 1.85. The van der Waals surface area contributed by atoms with Crippen molar-refractivity contribution in [2.75, 3.05) is 26.7 Å². The van der Waals surface area contributed by atoms with E-state index in [2.05, 4.69) is 9.89 Å². The van der Waals surface area contributed by atoms with Crippen molar-refractivity contribution in [1.82, 2.24) is 4.90 Å². The summed E-state index contributed by atoms with van der Waals surface area (Å²) in [6, 6.07) is 7.44. The van der Waals surface area contributed by atoms with Gasteiger partial charge in [-0.3, -0.25) is 9.79 Å². The number of aliphatic carboxylic acids is 1. The quantitative estimate of drug-likeness (QED) is 0.812. The van der Waals surface area contributed by atoms with Gasteiger partial charge < -0.3 is 15.7 Å². The number of nitrogens with two attached hydrogens (primary N) is 1. The molecule has 0 amide bonds. The molecule has 0 bridgehead atoms. The zero-order chi connectivity index (χ0) is 13.1. The van der Waals surface area contributed by atoms with E-state index in [1.807, 2.05) is 31.3 Å². The number of benzene rings is 1. The van der Waals surface area contributed by atoms with Crippen molar-refractivity contribution in [1.29, 1.82) is 0 Å². The number of aliphatic imine (C=N–C) groups is 1. The maximum Gasteiger partial charge on any atom is 0.312 e. The molecule has 1 aliphatic rings. The third-order valence-electron chi connectivity index (χ3n) is 3.16. The number of carboxylic acids is 1. The number of amidine groups is 1. The van der Waals surface area contributed by atoms with Crippen molar-refractivity contribution < 1.29 is 9.90 Å². The molecule has 0 saturated carbocycles. The van der Waals surface area contributed by atoms with Crippen LogP contribution in [0, 0.1) is 0 Å². The maximum absolute atomic E-state index is 11.0. The Morgan fingerprint density at radius 2 is 2.17 bits per heavy atom. The van der Waals surface area contributed by atoms with Crippen LogP contribution in [-0.4, -0.2) is 48.5 Å². The predicted octanol–water partition coefficient (Wildman–Crippen LogP) is 0.505. The Balaban J connectivity index is 2.22. The zero-order valence-corrected chi connectivity index (χ0v) is 10.3. The van der Waals surface area contributed by atoms with Crippen molar-refractivity contribution in [3.05, 3.63) is 35.4 Å². The van der Waals surface area contributed by atoms with Crippen molar-refractivity contribution in [3.63, 3.8) is 0 Å². The van der Waals surface area contributed by atoms with Crippen molar-refractivity contribution >= 4 is 11.8 Å². The molecule has 1 unspecified atom stereocenters. The molecule has 0 saturated heterocycles. The van der Waals surface area contributed by atoms with E-state index in [1.165, 1.54) is 0 Å². The van der Waals surface area contributed by atoms with Gasteiger partial charge in [0.15, 0.2) is 0 Å². The van der Waals surface area contributed by atoms with Crippen LogP contribution in [0.5, 0.6) is 0 Å². The Hall–Kier alpha value is -1.88. The third-order valence-corrected chi connectivity index (χ3v) is 3.16. The highest BCUT2D eigenvalue weighted by Crippen LogP contribution is 2.17. The first-order valence-electron chi connectivity index (χ1n) is 5.92. The minimum absolute atomic E-state index is 0.107. The van der Waals surface area contributed by atoms with Gasteiger partial charge in [-0.2, -0.15) is 0 Å². The average molecular weight is 247 g/mol. The maximum atomic E-state index is 11.0. The van der Waals surface area contributed by atoms with Gasteiger partial charge >= 0.3 is 5.97 Å². The second kappa shape index (κ2) is 5.18. The lowest BCUT2D eigenvalue weighted by Crippen LogP contribution is -2.24. The summed E-state index contributed by atoms with van der Waals surface area (Å²) in [6.07, 6.45) is 0. The summed E-state index contributed by atoms with van der Waals surface area (Å²) in [7, 11) is 2.00. The van der Waals surface area contributed by atoms with Gasteiger partial charge in [0.1, 0.15) is 5.84 Å². The van der Waals surface area contributed by atoms with Crippen LogP contribution in [0.1, 0.15) is 17.0 Å². The van der Waals surface area contributed by atoms with Crippen LogP contribution < -0.4 is 5.73 Å². The molecular formula is C13H17N3O2. The normalized spacial score (nSPS) is 16.6. The molecule has 0 fully saturated rings. The van der Waals surface area contributed by atoms with Crippen LogP contribution in [0.25, 0.3) is 0 Å². The number of hydrogen-bond acceptors (Lipinski definition) is 4. The van der Waals surface area contributed by atoms with Crippen LogP contribution in [0.4, 0.5) is 0 Å². The molecule has 1 atom stereocenters. The molecule has 1 aromatic rings. The van der Waals surface area contributed by atoms with Crippen LogP contribution in [-0.2, 0) is 4.79 Å². The highest BCUT2D eigenvalue weighted by Gasteiger charge is 2.19. The van der Waals surface area contributed by atoms with E-state index in [4.69, 9.17) is 10.8 Å². The number of carbonyl (C=O) groups is 1. The average Bonchev–Trinajstić information content (AvgIpc) is 2.77. The fourth-order valence-electron chi connectivity index (χ4n) is 2.09. The second-order valence-corrected chi connectivity index (χ2v) is 4.38. The van der Waals surface area contributed by atoms with Gasteiger partial charge in [-0.1, -0.05) is 24.3 Å². The van der Waals surface area contributed by atoms with E-state index in [-0.39, 0.29) is 6.54 Å². The molecule has 0 radical (unpaired) electrons. The summed E-state index contributed by atoms with van der Waals surface area (Å²) in [5.74, 6) is -0.566. The fourth-order valence-corrected chi connectivity index (χ4v) is 2.09. The Labute approximate surface area is 106 Å².